The van der Waals surface area contributed by atoms with E-state index in [1.807, 2.05) is 85.2 Å². The first-order valence-electron chi connectivity index (χ1n) is 15.7. The molecular formula is C41H37FN2O3. The fourth-order valence-corrected chi connectivity index (χ4v) is 6.39. The molecule has 0 bridgehead atoms. The number of rotatable bonds is 4. The van der Waals surface area contributed by atoms with Crippen LogP contribution in [0.3, 0.4) is 0 Å². The maximum absolute atomic E-state index is 13.5. The van der Waals surface area contributed by atoms with E-state index in [0.29, 0.717) is 24.2 Å². The van der Waals surface area contributed by atoms with Crippen molar-refractivity contribution in [3.63, 3.8) is 0 Å². The number of amides is 1. The number of benzene rings is 4. The summed E-state index contributed by atoms with van der Waals surface area (Å²) in [5.74, 6) is -0.130. The summed E-state index contributed by atoms with van der Waals surface area (Å²) in [7, 11) is 1.69. The molecule has 1 atom stereocenters. The third-order valence-electron chi connectivity index (χ3n) is 8.81. The van der Waals surface area contributed by atoms with Crippen molar-refractivity contribution < 1.29 is 18.7 Å². The number of anilines is 1. The van der Waals surface area contributed by atoms with Gasteiger partial charge in [-0.05, 0) is 112 Å². The maximum atomic E-state index is 13.5. The molecule has 6 heteroatoms. The van der Waals surface area contributed by atoms with Crippen molar-refractivity contribution in [2.75, 3.05) is 11.9 Å². The minimum Gasteiger partial charge on any atom is -0.410 e. The number of carbonyl (C=O) groups is 2. The molecule has 7 rings (SSSR count). The fourth-order valence-electron chi connectivity index (χ4n) is 6.39. The molecule has 1 unspecified atom stereocenters. The van der Waals surface area contributed by atoms with Gasteiger partial charge in [-0.3, -0.25) is 9.69 Å². The largest absolute Gasteiger partial charge is 0.419 e. The van der Waals surface area contributed by atoms with Gasteiger partial charge < -0.3 is 10.1 Å². The lowest BCUT2D eigenvalue weighted by Gasteiger charge is -2.34. The van der Waals surface area contributed by atoms with Crippen molar-refractivity contribution >= 4 is 29.7 Å². The number of halogens is 1. The first-order chi connectivity index (χ1) is 22.7. The molecule has 47 heavy (non-hydrogen) atoms. The topological polar surface area (TPSA) is 58.6 Å². The number of ether oxygens (including phenoxy) is 1. The summed E-state index contributed by atoms with van der Waals surface area (Å²) < 4.78 is 19.2. The van der Waals surface area contributed by atoms with Gasteiger partial charge in [0, 0.05) is 36.6 Å². The van der Waals surface area contributed by atoms with Crippen LogP contribution in [0.1, 0.15) is 41.8 Å². The highest BCUT2D eigenvalue weighted by Gasteiger charge is 2.34. The number of fused-ring (bicyclic) bond motifs is 5. The quantitative estimate of drug-likeness (QED) is 0.238. The number of nitrogens with one attached hydrogen (secondary N) is 1. The Labute approximate surface area is 274 Å². The average Bonchev–Trinajstić information content (AvgIpc) is 3.41. The second-order valence-electron chi connectivity index (χ2n) is 12.5. The van der Waals surface area contributed by atoms with Crippen LogP contribution in [-0.4, -0.2) is 18.9 Å². The number of allylic oxidation sites excluding steroid dienone is 4. The molecule has 1 aliphatic heterocycles. The van der Waals surface area contributed by atoms with Crippen LogP contribution in [0, 0.1) is 11.7 Å². The molecule has 1 N–H and O–H groups in total. The molecule has 0 spiro atoms. The Balaban J connectivity index is 0.000000491. The number of carbonyl (C=O) groups excluding carboxylic acids is 2. The van der Waals surface area contributed by atoms with Gasteiger partial charge in [-0.2, -0.15) is 0 Å². The number of hydrogen-bond acceptors (Lipinski definition) is 4. The molecule has 4 aromatic carbocycles. The number of Topliss-reactive ketones (excluding diaryl/α,β-unsaturated/α-hetero) is 1. The Morgan fingerprint density at radius 1 is 0.851 bits per heavy atom. The normalized spacial score (nSPS) is 16.3. The first-order valence-corrected chi connectivity index (χ1v) is 15.7. The van der Waals surface area contributed by atoms with Crippen LogP contribution < -0.4 is 25.4 Å². The lowest BCUT2D eigenvalue weighted by Crippen LogP contribution is -2.43. The van der Waals surface area contributed by atoms with E-state index >= 15 is 0 Å². The third-order valence-corrected chi connectivity index (χ3v) is 8.81. The molecule has 2 aliphatic carbocycles. The van der Waals surface area contributed by atoms with E-state index in [1.54, 1.807) is 19.2 Å². The van der Waals surface area contributed by atoms with Crippen molar-refractivity contribution in [3.05, 3.63) is 155 Å². The van der Waals surface area contributed by atoms with Crippen molar-refractivity contribution in [2.45, 2.75) is 32.1 Å². The van der Waals surface area contributed by atoms with Crippen LogP contribution in [0.4, 0.5) is 14.9 Å². The van der Waals surface area contributed by atoms with E-state index in [2.05, 4.69) is 43.4 Å². The van der Waals surface area contributed by atoms with E-state index in [9.17, 15) is 14.0 Å². The van der Waals surface area contributed by atoms with Crippen LogP contribution in [-0.2, 0) is 11.8 Å². The van der Waals surface area contributed by atoms with Crippen LogP contribution in [0.25, 0.3) is 23.3 Å². The predicted octanol–water partition coefficient (Wildman–Crippen LogP) is 7.60. The second kappa shape index (κ2) is 13.5. The lowest BCUT2D eigenvalue weighted by atomic mass is 9.69. The number of nitrogens with zero attached hydrogens (tertiary/aromatic N) is 1. The third kappa shape index (κ3) is 6.87. The Hall–Kier alpha value is -5.49. The molecule has 0 radical (unpaired) electrons. The van der Waals surface area contributed by atoms with Crippen LogP contribution in [0.2, 0.25) is 0 Å². The van der Waals surface area contributed by atoms with Gasteiger partial charge in [0.1, 0.15) is 11.6 Å². The van der Waals surface area contributed by atoms with Crippen molar-refractivity contribution in [1.29, 1.82) is 0 Å². The Morgan fingerprint density at radius 2 is 1.55 bits per heavy atom. The minimum atomic E-state index is -0.450. The highest BCUT2D eigenvalue weighted by atomic mass is 19.1. The summed E-state index contributed by atoms with van der Waals surface area (Å²) in [4.78, 5) is 27.7. The fraction of sp³-hybridized carbons (Fsp3) is 0.171. The Bertz CT molecular complexity index is 2010. The van der Waals surface area contributed by atoms with Crippen molar-refractivity contribution in [1.82, 2.24) is 5.32 Å². The first kappa shape index (κ1) is 31.5. The number of para-hydroxylation sites is 1. The van der Waals surface area contributed by atoms with Gasteiger partial charge in [0.05, 0.1) is 0 Å². The van der Waals surface area contributed by atoms with Gasteiger partial charge in [-0.15, -0.1) is 0 Å². The molecular weight excluding hydrogens is 587 g/mol. The molecule has 1 heterocycles. The Morgan fingerprint density at radius 3 is 2.28 bits per heavy atom. The predicted molar refractivity (Wildman–Crippen MR) is 187 cm³/mol. The van der Waals surface area contributed by atoms with E-state index in [1.165, 1.54) is 22.6 Å². The molecule has 236 valence electrons. The molecule has 0 saturated heterocycles. The molecule has 0 aromatic heterocycles. The summed E-state index contributed by atoms with van der Waals surface area (Å²) in [6, 6.07) is 25.3. The van der Waals surface area contributed by atoms with Crippen LogP contribution in [0.15, 0.2) is 122 Å². The van der Waals surface area contributed by atoms with E-state index < -0.39 is 6.09 Å². The summed E-state index contributed by atoms with van der Waals surface area (Å²) >= 11 is 0. The van der Waals surface area contributed by atoms with E-state index in [0.717, 1.165) is 32.8 Å². The highest BCUT2D eigenvalue weighted by Crippen LogP contribution is 2.36. The van der Waals surface area contributed by atoms with Gasteiger partial charge in [0.15, 0.2) is 5.78 Å². The zero-order chi connectivity index (χ0) is 33.0. The van der Waals surface area contributed by atoms with E-state index in [-0.39, 0.29) is 22.9 Å². The van der Waals surface area contributed by atoms with Gasteiger partial charge in [0.25, 0.3) is 0 Å². The number of hydrogen-bond donors (Lipinski definition) is 1. The van der Waals surface area contributed by atoms with Crippen molar-refractivity contribution in [2.24, 2.45) is 5.92 Å². The van der Waals surface area contributed by atoms with Gasteiger partial charge in [-0.25, -0.2) is 9.18 Å². The summed E-state index contributed by atoms with van der Waals surface area (Å²) in [6.45, 7) is 4.36. The summed E-state index contributed by atoms with van der Waals surface area (Å²) in [6.07, 6.45) is 16.8. The number of ketones is 1. The van der Waals surface area contributed by atoms with Gasteiger partial charge in [-0.1, -0.05) is 74.5 Å². The molecule has 0 fully saturated rings. The zero-order valence-corrected chi connectivity index (χ0v) is 26.7. The van der Waals surface area contributed by atoms with Gasteiger partial charge in [0.2, 0.25) is 0 Å². The average molecular weight is 625 g/mol. The van der Waals surface area contributed by atoms with Crippen LogP contribution in [0.5, 0.6) is 5.75 Å². The molecule has 1 amide bonds. The smallest absolute Gasteiger partial charge is 0.410 e. The monoisotopic (exact) mass is 624 g/mol. The summed E-state index contributed by atoms with van der Waals surface area (Å²) in [5.41, 5.74) is 5.58. The zero-order valence-electron chi connectivity index (χ0n) is 26.7. The molecule has 0 saturated carbocycles. The molecule has 5 nitrogen and oxygen atoms in total. The molecule has 3 aliphatic rings. The van der Waals surface area contributed by atoms with Gasteiger partial charge >= 0.3 is 6.09 Å². The lowest BCUT2D eigenvalue weighted by molar-refractivity contribution is 0.0933. The molecule has 4 aromatic rings. The SMILES string of the molecule is C1=CC=CNC=C1.CN(C(=O)Oc1ccc2c(c1)CC=c1c-2ccc2c1=CC(C(=O)c1ccc(F)cc1)CC2(C)C)c1ccccc1. The Kier molecular flexibility index (Phi) is 9.03. The minimum absolute atomic E-state index is 0.0134. The van der Waals surface area contributed by atoms with E-state index in [4.69, 9.17) is 4.74 Å². The second-order valence-corrected chi connectivity index (χ2v) is 12.5. The van der Waals surface area contributed by atoms with Crippen LogP contribution >= 0.6 is 0 Å². The van der Waals surface area contributed by atoms with Crippen molar-refractivity contribution in [3.8, 4) is 16.9 Å². The summed E-state index contributed by atoms with van der Waals surface area (Å²) in [5, 5.41) is 5.15. The maximum Gasteiger partial charge on any atom is 0.419 e. The standard InChI is InChI=1S/C35H30FNO3.C6H7N/c1-35(2)21-24(33(38)22-9-12-25(36)13-10-22)20-31-30-15-11-23-19-27(14-16-28(23)29(30)17-18-32(31)35)40-34(39)37(3)26-7-5-4-6-8-26;1-2-4-6-7-5-3-1/h4-10,12-20,24H,11,21H2,1-3H3;1-7H. The highest BCUT2D eigenvalue weighted by molar-refractivity contribution is 6.01.